The van der Waals surface area contributed by atoms with Crippen molar-refractivity contribution in [3.8, 4) is 5.75 Å². The third kappa shape index (κ3) is 2.77. The Labute approximate surface area is 126 Å². The van der Waals surface area contributed by atoms with E-state index >= 15 is 0 Å². The fourth-order valence-corrected chi connectivity index (χ4v) is 3.61. The molecule has 2 fully saturated rings. The summed E-state index contributed by atoms with van der Waals surface area (Å²) in [5.41, 5.74) is 1.32. The van der Waals surface area contributed by atoms with Gasteiger partial charge in [0.1, 0.15) is 5.75 Å². The van der Waals surface area contributed by atoms with Crippen LogP contribution in [0.1, 0.15) is 37.8 Å². The zero-order chi connectivity index (χ0) is 14.9. The lowest BCUT2D eigenvalue weighted by Crippen LogP contribution is -2.34. The zero-order valence-electron chi connectivity index (χ0n) is 12.8. The average Bonchev–Trinajstić information content (AvgIpc) is 3.21. The summed E-state index contributed by atoms with van der Waals surface area (Å²) in [5.74, 6) is 1.24. The molecule has 21 heavy (non-hydrogen) atoms. The van der Waals surface area contributed by atoms with Crippen LogP contribution in [-0.2, 0) is 4.79 Å². The summed E-state index contributed by atoms with van der Waals surface area (Å²) < 4.78 is 5.37. The molecule has 4 heteroatoms. The molecule has 1 saturated carbocycles. The number of para-hydroxylation sites is 1. The molecule has 1 spiro atoms. The topological polar surface area (TPSA) is 50.4 Å². The van der Waals surface area contributed by atoms with Crippen LogP contribution < -0.4 is 15.4 Å². The average molecular weight is 288 g/mol. The number of ether oxygens (including phenoxy) is 1. The second kappa shape index (κ2) is 5.68. The summed E-state index contributed by atoms with van der Waals surface area (Å²) in [6.07, 6.45) is 3.32. The van der Waals surface area contributed by atoms with Crippen molar-refractivity contribution in [3.63, 3.8) is 0 Å². The van der Waals surface area contributed by atoms with Crippen LogP contribution in [0.2, 0.25) is 0 Å². The predicted octanol–water partition coefficient (Wildman–Crippen LogP) is 2.26. The molecule has 1 aromatic rings. The molecule has 4 nitrogen and oxygen atoms in total. The van der Waals surface area contributed by atoms with Crippen molar-refractivity contribution in [1.82, 2.24) is 10.6 Å². The quantitative estimate of drug-likeness (QED) is 0.893. The van der Waals surface area contributed by atoms with E-state index in [1.807, 2.05) is 31.2 Å². The highest BCUT2D eigenvalue weighted by atomic mass is 16.5. The third-order valence-electron chi connectivity index (χ3n) is 5.07. The highest BCUT2D eigenvalue weighted by Gasteiger charge is 2.57. The maximum absolute atomic E-state index is 12.5. The molecule has 1 aliphatic heterocycles. The predicted molar refractivity (Wildman–Crippen MR) is 82.2 cm³/mol. The van der Waals surface area contributed by atoms with Crippen LogP contribution in [0, 0.1) is 11.3 Å². The number of carbonyl (C=O) groups is 1. The Kier molecular flexibility index (Phi) is 3.89. The first kappa shape index (κ1) is 14.4. The summed E-state index contributed by atoms with van der Waals surface area (Å²) in [6, 6.07) is 7.85. The highest BCUT2D eigenvalue weighted by Crippen LogP contribution is 2.58. The minimum Gasteiger partial charge on any atom is -0.496 e. The van der Waals surface area contributed by atoms with E-state index in [2.05, 4.69) is 10.6 Å². The summed E-state index contributed by atoms with van der Waals surface area (Å²) in [6.45, 7) is 4.12. The molecule has 1 amide bonds. The van der Waals surface area contributed by atoms with Crippen LogP contribution in [0.3, 0.4) is 0 Å². The fourth-order valence-electron chi connectivity index (χ4n) is 3.61. The van der Waals surface area contributed by atoms with Gasteiger partial charge in [0.25, 0.3) is 0 Å². The van der Waals surface area contributed by atoms with Gasteiger partial charge >= 0.3 is 0 Å². The molecule has 2 unspecified atom stereocenters. The Morgan fingerprint density at radius 2 is 2.10 bits per heavy atom. The number of methoxy groups -OCH3 is 1. The van der Waals surface area contributed by atoms with Crippen LogP contribution >= 0.6 is 0 Å². The smallest absolute Gasteiger partial charge is 0.224 e. The van der Waals surface area contributed by atoms with Gasteiger partial charge in [-0.2, -0.15) is 0 Å². The largest absolute Gasteiger partial charge is 0.496 e. The van der Waals surface area contributed by atoms with Gasteiger partial charge in [-0.1, -0.05) is 18.2 Å². The Hall–Kier alpha value is -1.55. The monoisotopic (exact) mass is 288 g/mol. The lowest BCUT2D eigenvalue weighted by atomic mass is 9.91. The molecule has 0 aromatic heterocycles. The van der Waals surface area contributed by atoms with Crippen LogP contribution in [-0.4, -0.2) is 26.1 Å². The van der Waals surface area contributed by atoms with Gasteiger partial charge in [0.2, 0.25) is 5.91 Å². The maximum atomic E-state index is 12.5. The molecule has 1 heterocycles. The van der Waals surface area contributed by atoms with Crippen molar-refractivity contribution < 1.29 is 9.53 Å². The second-order valence-electron chi connectivity index (χ2n) is 6.34. The summed E-state index contributed by atoms with van der Waals surface area (Å²) in [5, 5.41) is 6.54. The van der Waals surface area contributed by atoms with Crippen LogP contribution in [0.15, 0.2) is 24.3 Å². The first-order valence-corrected chi connectivity index (χ1v) is 7.80. The van der Waals surface area contributed by atoms with E-state index in [1.54, 1.807) is 7.11 Å². The Morgan fingerprint density at radius 1 is 1.38 bits per heavy atom. The fraction of sp³-hybridized carbons (Fsp3) is 0.588. The minimum atomic E-state index is -0.0204. The van der Waals surface area contributed by atoms with Crippen molar-refractivity contribution in [2.45, 2.75) is 32.2 Å². The Morgan fingerprint density at radius 3 is 2.81 bits per heavy atom. The molecule has 1 aliphatic carbocycles. The van der Waals surface area contributed by atoms with E-state index < -0.39 is 0 Å². The second-order valence-corrected chi connectivity index (χ2v) is 6.34. The van der Waals surface area contributed by atoms with Gasteiger partial charge in [-0.3, -0.25) is 4.79 Å². The van der Waals surface area contributed by atoms with Gasteiger partial charge in [0.05, 0.1) is 13.2 Å². The summed E-state index contributed by atoms with van der Waals surface area (Å²) >= 11 is 0. The third-order valence-corrected chi connectivity index (χ3v) is 5.07. The van der Waals surface area contributed by atoms with E-state index in [-0.39, 0.29) is 23.3 Å². The number of piperidine rings is 1. The van der Waals surface area contributed by atoms with Crippen LogP contribution in [0.4, 0.5) is 0 Å². The van der Waals surface area contributed by atoms with Gasteiger partial charge in [-0.25, -0.2) is 0 Å². The van der Waals surface area contributed by atoms with Crippen molar-refractivity contribution >= 4 is 5.91 Å². The molecular weight excluding hydrogens is 264 g/mol. The number of rotatable bonds is 4. The Bertz CT molecular complexity index is 523. The maximum Gasteiger partial charge on any atom is 0.224 e. The zero-order valence-corrected chi connectivity index (χ0v) is 12.8. The van der Waals surface area contributed by atoms with Crippen molar-refractivity contribution in [3.05, 3.63) is 29.8 Å². The standard InChI is InChI=1S/C17H24N2O2/c1-12(13-5-3-4-6-15(13)21-2)19-16(20)14-11-17(14)7-9-18-10-8-17/h3-6,12,14,18H,7-11H2,1-2H3,(H,19,20). The van der Waals surface area contributed by atoms with Crippen LogP contribution in [0.25, 0.3) is 0 Å². The molecule has 1 saturated heterocycles. The van der Waals surface area contributed by atoms with Gasteiger partial charge in [-0.05, 0) is 50.8 Å². The Balaban J connectivity index is 1.63. The molecule has 0 bridgehead atoms. The molecular formula is C17H24N2O2. The molecule has 3 rings (SSSR count). The number of nitrogens with one attached hydrogen (secondary N) is 2. The number of carbonyl (C=O) groups excluding carboxylic acids is 1. The molecule has 2 aliphatic rings. The van der Waals surface area contributed by atoms with E-state index in [9.17, 15) is 4.79 Å². The van der Waals surface area contributed by atoms with Gasteiger partial charge < -0.3 is 15.4 Å². The molecule has 1 aromatic carbocycles. The molecule has 2 N–H and O–H groups in total. The number of benzene rings is 1. The van der Waals surface area contributed by atoms with E-state index in [0.29, 0.717) is 0 Å². The normalized spacial score (nSPS) is 24.4. The lowest BCUT2D eigenvalue weighted by molar-refractivity contribution is -0.123. The summed E-state index contributed by atoms with van der Waals surface area (Å²) in [4.78, 5) is 12.5. The summed E-state index contributed by atoms with van der Waals surface area (Å²) in [7, 11) is 1.66. The first-order valence-electron chi connectivity index (χ1n) is 7.80. The SMILES string of the molecule is COc1ccccc1C(C)NC(=O)C1CC12CCNCC2. The molecule has 0 radical (unpaired) electrons. The van der Waals surface area contributed by atoms with Crippen molar-refractivity contribution in [1.29, 1.82) is 0 Å². The molecule has 2 atom stereocenters. The lowest BCUT2D eigenvalue weighted by Gasteiger charge is -2.24. The van der Waals surface area contributed by atoms with Crippen molar-refractivity contribution in [2.24, 2.45) is 11.3 Å². The molecule has 114 valence electrons. The van der Waals surface area contributed by atoms with Gasteiger partial charge in [0, 0.05) is 11.5 Å². The van der Waals surface area contributed by atoms with Crippen LogP contribution in [0.5, 0.6) is 5.75 Å². The minimum absolute atomic E-state index is 0.0204. The van der Waals surface area contributed by atoms with E-state index in [1.165, 1.54) is 0 Å². The van der Waals surface area contributed by atoms with Gasteiger partial charge in [-0.15, -0.1) is 0 Å². The number of hydrogen-bond donors (Lipinski definition) is 2. The first-order chi connectivity index (χ1) is 10.2. The van der Waals surface area contributed by atoms with E-state index in [0.717, 1.165) is 43.7 Å². The van der Waals surface area contributed by atoms with E-state index in [4.69, 9.17) is 4.74 Å². The highest BCUT2D eigenvalue weighted by molar-refractivity contribution is 5.83. The number of amides is 1. The number of hydrogen-bond acceptors (Lipinski definition) is 3. The van der Waals surface area contributed by atoms with Gasteiger partial charge in [0.15, 0.2) is 0 Å². The van der Waals surface area contributed by atoms with Crippen molar-refractivity contribution in [2.75, 3.05) is 20.2 Å².